The van der Waals surface area contributed by atoms with Gasteiger partial charge in [-0.05, 0) is 67.0 Å². The van der Waals surface area contributed by atoms with Crippen LogP contribution >= 0.6 is 22.9 Å². The third kappa shape index (κ3) is 3.91. The van der Waals surface area contributed by atoms with Crippen molar-refractivity contribution in [3.63, 3.8) is 0 Å². The van der Waals surface area contributed by atoms with Crippen LogP contribution in [0.5, 0.6) is 0 Å². The highest BCUT2D eigenvalue weighted by atomic mass is 35.5. The quantitative estimate of drug-likeness (QED) is 0.796. The van der Waals surface area contributed by atoms with Crippen LogP contribution < -0.4 is 5.32 Å². The molecule has 1 aliphatic rings. The van der Waals surface area contributed by atoms with Crippen LogP contribution in [0.2, 0.25) is 5.02 Å². The molecule has 3 rings (SSSR count). The van der Waals surface area contributed by atoms with Crippen molar-refractivity contribution in [2.45, 2.75) is 37.1 Å². The molecule has 3 nitrogen and oxygen atoms in total. The highest BCUT2D eigenvalue weighted by Gasteiger charge is 2.42. The second kappa shape index (κ2) is 7.90. The Morgan fingerprint density at radius 2 is 1.92 bits per heavy atom. The normalized spacial score (nSPS) is 17.6. The van der Waals surface area contributed by atoms with E-state index in [9.17, 15) is 4.79 Å². The molecule has 1 saturated carbocycles. The summed E-state index contributed by atoms with van der Waals surface area (Å²) in [5.41, 5.74) is 1.93. The molecule has 0 spiro atoms. The van der Waals surface area contributed by atoms with Crippen LogP contribution in [-0.4, -0.2) is 31.4 Å². The Morgan fingerprint density at radius 3 is 2.48 bits per heavy atom. The Balaban J connectivity index is 1.76. The van der Waals surface area contributed by atoms with Gasteiger partial charge >= 0.3 is 0 Å². The van der Waals surface area contributed by atoms with E-state index in [-0.39, 0.29) is 11.9 Å². The van der Waals surface area contributed by atoms with Crippen LogP contribution in [0.15, 0.2) is 41.1 Å². The monoisotopic (exact) mass is 376 g/mol. The summed E-state index contributed by atoms with van der Waals surface area (Å²) >= 11 is 7.72. The van der Waals surface area contributed by atoms with Crippen LogP contribution in [0.3, 0.4) is 0 Å². The minimum atomic E-state index is -0.407. The Bertz CT molecular complexity index is 691. The highest BCUT2D eigenvalue weighted by Crippen LogP contribution is 2.41. The van der Waals surface area contributed by atoms with Gasteiger partial charge in [-0.3, -0.25) is 4.79 Å². The molecule has 1 aromatic heterocycles. The summed E-state index contributed by atoms with van der Waals surface area (Å²) in [6.07, 6.45) is 4.01. The van der Waals surface area contributed by atoms with Gasteiger partial charge in [0.2, 0.25) is 5.91 Å². The zero-order valence-corrected chi connectivity index (χ0v) is 16.4. The van der Waals surface area contributed by atoms with Gasteiger partial charge in [-0.25, -0.2) is 0 Å². The van der Waals surface area contributed by atoms with Gasteiger partial charge in [0.25, 0.3) is 0 Å². The molecule has 1 fully saturated rings. The molecule has 5 heteroatoms. The van der Waals surface area contributed by atoms with Crippen molar-refractivity contribution in [1.29, 1.82) is 0 Å². The van der Waals surface area contributed by atoms with Gasteiger partial charge in [0.1, 0.15) is 0 Å². The van der Waals surface area contributed by atoms with E-state index in [2.05, 4.69) is 41.1 Å². The zero-order valence-electron chi connectivity index (χ0n) is 14.8. The van der Waals surface area contributed by atoms with E-state index in [1.54, 1.807) is 11.3 Å². The van der Waals surface area contributed by atoms with Crippen molar-refractivity contribution in [2.75, 3.05) is 20.6 Å². The van der Waals surface area contributed by atoms with Crippen LogP contribution in [0.4, 0.5) is 0 Å². The lowest BCUT2D eigenvalue weighted by atomic mass is 9.78. The van der Waals surface area contributed by atoms with E-state index >= 15 is 0 Å². The lowest BCUT2D eigenvalue weighted by molar-refractivity contribution is -0.126. The number of amides is 1. The van der Waals surface area contributed by atoms with Crippen molar-refractivity contribution in [1.82, 2.24) is 10.2 Å². The summed E-state index contributed by atoms with van der Waals surface area (Å²) < 4.78 is 0. The fraction of sp³-hybridized carbons (Fsp3) is 0.450. The number of carbonyl (C=O) groups excluding carboxylic acids is 1. The molecule has 0 radical (unpaired) electrons. The van der Waals surface area contributed by atoms with Gasteiger partial charge in [-0.1, -0.05) is 36.6 Å². The summed E-state index contributed by atoms with van der Waals surface area (Å²) in [4.78, 5) is 15.3. The van der Waals surface area contributed by atoms with Crippen molar-refractivity contribution >= 4 is 28.8 Å². The second-order valence-electron chi connectivity index (χ2n) is 7.04. The van der Waals surface area contributed by atoms with Crippen molar-refractivity contribution in [3.8, 4) is 0 Å². The first-order valence-electron chi connectivity index (χ1n) is 8.76. The van der Waals surface area contributed by atoms with Gasteiger partial charge in [0.05, 0.1) is 11.5 Å². The molecule has 0 bridgehead atoms. The molecule has 0 unspecified atom stereocenters. The average Bonchev–Trinajstić information content (AvgIpc) is 3.28. The topological polar surface area (TPSA) is 32.3 Å². The number of rotatable bonds is 6. The largest absolute Gasteiger partial charge is 0.353 e. The summed E-state index contributed by atoms with van der Waals surface area (Å²) in [7, 11) is 4.11. The first kappa shape index (κ1) is 18.4. The van der Waals surface area contributed by atoms with Crippen LogP contribution in [0.25, 0.3) is 0 Å². The standard InChI is InChI=1S/C20H25ClN2OS/c1-23(2)18(15-9-12-25-14-15)13-22-19(24)20(10-3-4-11-20)16-5-7-17(21)8-6-16/h5-9,12,14,18H,3-4,10-11,13H2,1-2H3,(H,22,24)/t18-/m1/s1. The van der Waals surface area contributed by atoms with Gasteiger partial charge in [-0.2, -0.15) is 11.3 Å². The number of hydrogen-bond acceptors (Lipinski definition) is 3. The molecule has 134 valence electrons. The Labute approximate surface area is 159 Å². The number of nitrogens with one attached hydrogen (secondary N) is 1. The lowest BCUT2D eigenvalue weighted by Crippen LogP contribution is -2.45. The molecule has 0 saturated heterocycles. The molecule has 1 heterocycles. The molecular weight excluding hydrogens is 352 g/mol. The summed E-state index contributed by atoms with van der Waals surface area (Å²) in [5, 5.41) is 8.19. The predicted octanol–water partition coefficient (Wildman–Crippen LogP) is 4.63. The number of thiophene rings is 1. The number of nitrogens with zero attached hydrogens (tertiary/aromatic N) is 1. The van der Waals surface area contributed by atoms with Crippen molar-refractivity contribution < 1.29 is 4.79 Å². The third-order valence-electron chi connectivity index (χ3n) is 5.30. The molecule has 0 aliphatic heterocycles. The summed E-state index contributed by atoms with van der Waals surface area (Å²) in [6.45, 7) is 0.623. The first-order valence-corrected chi connectivity index (χ1v) is 10.1. The third-order valence-corrected chi connectivity index (χ3v) is 6.25. The van der Waals surface area contributed by atoms with E-state index in [4.69, 9.17) is 11.6 Å². The average molecular weight is 377 g/mol. The number of likely N-dealkylation sites (N-methyl/N-ethyl adjacent to an activating group) is 1. The summed E-state index contributed by atoms with van der Waals surface area (Å²) in [5.74, 6) is 0.148. The lowest BCUT2D eigenvalue weighted by Gasteiger charge is -2.31. The highest BCUT2D eigenvalue weighted by molar-refractivity contribution is 7.07. The van der Waals surface area contributed by atoms with Gasteiger partial charge < -0.3 is 10.2 Å². The van der Waals surface area contributed by atoms with Crippen molar-refractivity contribution in [3.05, 3.63) is 57.2 Å². The van der Waals surface area contributed by atoms with Gasteiger partial charge in [-0.15, -0.1) is 0 Å². The molecule has 1 atom stereocenters. The van der Waals surface area contributed by atoms with Crippen LogP contribution in [0.1, 0.15) is 42.9 Å². The Hall–Kier alpha value is -1.36. The molecule has 1 aliphatic carbocycles. The fourth-order valence-corrected chi connectivity index (χ4v) is 4.65. The van der Waals surface area contributed by atoms with Crippen LogP contribution in [-0.2, 0) is 10.2 Å². The molecule has 2 aromatic rings. The minimum Gasteiger partial charge on any atom is -0.353 e. The van der Waals surface area contributed by atoms with E-state index in [0.29, 0.717) is 11.6 Å². The van der Waals surface area contributed by atoms with E-state index in [1.807, 2.05) is 24.3 Å². The van der Waals surface area contributed by atoms with Crippen molar-refractivity contribution in [2.24, 2.45) is 0 Å². The fourth-order valence-electron chi connectivity index (χ4n) is 3.82. The predicted molar refractivity (Wildman–Crippen MR) is 105 cm³/mol. The molecule has 1 N–H and O–H groups in total. The molecule has 1 amide bonds. The smallest absolute Gasteiger partial charge is 0.230 e. The number of halogens is 1. The van der Waals surface area contributed by atoms with Gasteiger partial charge in [0, 0.05) is 11.6 Å². The number of benzene rings is 1. The Morgan fingerprint density at radius 1 is 1.24 bits per heavy atom. The van der Waals surface area contributed by atoms with Gasteiger partial charge in [0.15, 0.2) is 0 Å². The molecule has 1 aromatic carbocycles. The number of hydrogen-bond donors (Lipinski definition) is 1. The SMILES string of the molecule is CN(C)[C@H](CNC(=O)C1(c2ccc(Cl)cc2)CCCC1)c1ccsc1. The molecular formula is C20H25ClN2OS. The number of carbonyl (C=O) groups is 1. The molecule has 25 heavy (non-hydrogen) atoms. The second-order valence-corrected chi connectivity index (χ2v) is 8.26. The van der Waals surface area contributed by atoms with Crippen LogP contribution in [0, 0.1) is 0 Å². The maximum absolute atomic E-state index is 13.2. The van der Waals surface area contributed by atoms with E-state index < -0.39 is 5.41 Å². The Kier molecular flexibility index (Phi) is 5.82. The first-order chi connectivity index (χ1) is 12.0. The zero-order chi connectivity index (χ0) is 17.9. The maximum Gasteiger partial charge on any atom is 0.230 e. The minimum absolute atomic E-state index is 0.148. The maximum atomic E-state index is 13.2. The summed E-state index contributed by atoms with van der Waals surface area (Å²) in [6, 6.07) is 10.1. The van der Waals surface area contributed by atoms with E-state index in [1.165, 1.54) is 5.56 Å². The van der Waals surface area contributed by atoms with E-state index in [0.717, 1.165) is 31.2 Å².